The van der Waals surface area contributed by atoms with E-state index in [0.29, 0.717) is 10.9 Å². The number of aromatic hydroxyl groups is 1. The Morgan fingerprint density at radius 1 is 1.25 bits per heavy atom. The molecule has 0 aliphatic carbocycles. The summed E-state index contributed by atoms with van der Waals surface area (Å²) < 4.78 is 26.9. The van der Waals surface area contributed by atoms with E-state index in [1.807, 2.05) is 0 Å². The van der Waals surface area contributed by atoms with Gasteiger partial charge in [0.05, 0.1) is 4.90 Å². The molecule has 0 aliphatic heterocycles. The number of sulfonamides is 1. The van der Waals surface area contributed by atoms with Gasteiger partial charge in [-0.05, 0) is 41.5 Å². The molecule has 0 saturated heterocycles. The number of carboxylic acid groups (broad SMARTS) is 1. The van der Waals surface area contributed by atoms with Gasteiger partial charge in [0.15, 0.2) is 0 Å². The van der Waals surface area contributed by atoms with Crippen molar-refractivity contribution < 1.29 is 23.4 Å². The van der Waals surface area contributed by atoms with Gasteiger partial charge in [-0.3, -0.25) is 5.10 Å². The zero-order chi connectivity index (χ0) is 17.5. The molecule has 0 spiro atoms. The number of aromatic amines is 1. The summed E-state index contributed by atoms with van der Waals surface area (Å²) >= 11 is 0. The third-order valence-electron chi connectivity index (χ3n) is 3.46. The second-order valence-corrected chi connectivity index (χ2v) is 6.69. The summed E-state index contributed by atoms with van der Waals surface area (Å²) in [7, 11) is -3.99. The smallest absolute Gasteiger partial charge is 0.373 e. The quantitative estimate of drug-likeness (QED) is 0.558. The number of nitrogens with one attached hydrogen (secondary N) is 2. The summed E-state index contributed by atoms with van der Waals surface area (Å²) in [5.41, 5.74) is 0.643. The molecule has 10 heteroatoms. The Hall–Kier alpha value is -3.14. The Morgan fingerprint density at radius 3 is 2.67 bits per heavy atom. The molecule has 0 amide bonds. The number of aromatic nitrogens is 3. The van der Waals surface area contributed by atoms with Crippen molar-refractivity contribution in [3.63, 3.8) is 0 Å². The predicted molar refractivity (Wildman–Crippen MR) is 84.5 cm³/mol. The van der Waals surface area contributed by atoms with Crippen LogP contribution in [0.5, 0.6) is 5.75 Å². The van der Waals surface area contributed by atoms with Crippen molar-refractivity contribution >= 4 is 32.7 Å². The lowest BCUT2D eigenvalue weighted by molar-refractivity contribution is 0.0684. The van der Waals surface area contributed by atoms with Gasteiger partial charge in [0, 0.05) is 0 Å². The average molecular weight is 348 g/mol. The average Bonchev–Trinajstić information content (AvgIpc) is 2.99. The fraction of sp³-hybridized carbons (Fsp3) is 0.0714. The molecular formula is C14H12N4O5S. The van der Waals surface area contributed by atoms with Crippen LogP contribution in [-0.4, -0.2) is 39.8 Å². The van der Waals surface area contributed by atoms with Crippen LogP contribution in [0, 0.1) is 6.92 Å². The molecule has 124 valence electrons. The summed E-state index contributed by atoms with van der Waals surface area (Å²) in [6, 6.07) is 7.48. The number of phenolic OH excluding ortho intramolecular Hbond substituents is 1. The van der Waals surface area contributed by atoms with Crippen LogP contribution in [0.3, 0.4) is 0 Å². The molecule has 4 N–H and O–H groups in total. The SMILES string of the molecule is Cc1c(O)ccc2cc(S(=O)(=O)Nc3n[nH]c(C(=O)O)n3)ccc12. The van der Waals surface area contributed by atoms with Crippen LogP contribution in [0.1, 0.15) is 16.2 Å². The molecule has 1 aromatic heterocycles. The van der Waals surface area contributed by atoms with Crippen molar-refractivity contribution in [2.75, 3.05) is 4.72 Å². The third-order valence-corrected chi connectivity index (χ3v) is 4.78. The van der Waals surface area contributed by atoms with E-state index in [1.165, 1.54) is 18.2 Å². The highest BCUT2D eigenvalue weighted by Crippen LogP contribution is 2.28. The van der Waals surface area contributed by atoms with Crippen molar-refractivity contribution in [1.29, 1.82) is 0 Å². The number of rotatable bonds is 4. The fourth-order valence-electron chi connectivity index (χ4n) is 2.20. The van der Waals surface area contributed by atoms with Crippen LogP contribution >= 0.6 is 0 Å². The van der Waals surface area contributed by atoms with Crippen molar-refractivity contribution in [2.24, 2.45) is 0 Å². The van der Waals surface area contributed by atoms with Gasteiger partial charge < -0.3 is 10.2 Å². The molecule has 0 bridgehead atoms. The number of anilines is 1. The van der Waals surface area contributed by atoms with Gasteiger partial charge in [-0.2, -0.15) is 4.98 Å². The first-order valence-corrected chi connectivity index (χ1v) is 8.17. The Balaban J connectivity index is 1.98. The van der Waals surface area contributed by atoms with Crippen LogP contribution in [0.4, 0.5) is 5.95 Å². The lowest BCUT2D eigenvalue weighted by Gasteiger charge is -2.08. The Labute approximate surface area is 136 Å². The molecule has 24 heavy (non-hydrogen) atoms. The molecule has 3 rings (SSSR count). The minimum atomic E-state index is -3.99. The molecule has 1 heterocycles. The van der Waals surface area contributed by atoms with E-state index in [0.717, 1.165) is 5.39 Å². The first kappa shape index (κ1) is 15.7. The van der Waals surface area contributed by atoms with Crippen LogP contribution in [-0.2, 0) is 10.0 Å². The van der Waals surface area contributed by atoms with Gasteiger partial charge in [0.25, 0.3) is 16.0 Å². The number of nitrogens with zero attached hydrogens (tertiary/aromatic N) is 2. The Bertz CT molecular complexity index is 1060. The van der Waals surface area contributed by atoms with Crippen LogP contribution in [0.2, 0.25) is 0 Å². The maximum atomic E-state index is 12.4. The lowest BCUT2D eigenvalue weighted by atomic mass is 10.1. The second-order valence-electron chi connectivity index (χ2n) is 5.01. The van der Waals surface area contributed by atoms with Gasteiger partial charge in [0.2, 0.25) is 5.82 Å². The number of carboxylic acids is 1. The van der Waals surface area contributed by atoms with E-state index in [2.05, 4.69) is 19.9 Å². The molecule has 0 radical (unpaired) electrons. The molecule has 3 aromatic rings. The molecule has 0 atom stereocenters. The minimum absolute atomic E-state index is 0.0400. The highest BCUT2D eigenvalue weighted by molar-refractivity contribution is 7.92. The number of phenols is 1. The van der Waals surface area contributed by atoms with Crippen molar-refractivity contribution in [1.82, 2.24) is 15.2 Å². The number of H-pyrrole nitrogens is 1. The van der Waals surface area contributed by atoms with Gasteiger partial charge in [-0.15, -0.1) is 5.10 Å². The molecule has 0 fully saturated rings. The molecule has 0 aliphatic rings. The van der Waals surface area contributed by atoms with Gasteiger partial charge in [-0.1, -0.05) is 12.1 Å². The minimum Gasteiger partial charge on any atom is -0.508 e. The number of aryl methyl sites for hydroxylation is 1. The summed E-state index contributed by atoms with van der Waals surface area (Å²) in [4.78, 5) is 14.2. The van der Waals surface area contributed by atoms with E-state index < -0.39 is 21.8 Å². The number of carbonyl (C=O) groups is 1. The van der Waals surface area contributed by atoms with E-state index in [1.54, 1.807) is 19.1 Å². The topological polar surface area (TPSA) is 145 Å². The van der Waals surface area contributed by atoms with E-state index >= 15 is 0 Å². The van der Waals surface area contributed by atoms with Gasteiger partial charge in [0.1, 0.15) is 5.75 Å². The summed E-state index contributed by atoms with van der Waals surface area (Å²) in [5, 5.41) is 25.4. The van der Waals surface area contributed by atoms with Crippen LogP contribution in [0.25, 0.3) is 10.8 Å². The van der Waals surface area contributed by atoms with E-state index in [4.69, 9.17) is 5.11 Å². The summed E-state index contributed by atoms with van der Waals surface area (Å²) in [6.45, 7) is 1.73. The maximum absolute atomic E-state index is 12.4. The molecule has 2 aromatic carbocycles. The highest BCUT2D eigenvalue weighted by atomic mass is 32.2. The van der Waals surface area contributed by atoms with Gasteiger partial charge in [-0.25, -0.2) is 17.9 Å². The lowest BCUT2D eigenvalue weighted by Crippen LogP contribution is -2.14. The first-order valence-electron chi connectivity index (χ1n) is 6.69. The van der Waals surface area contributed by atoms with E-state index in [9.17, 15) is 18.3 Å². The number of aromatic carboxylic acids is 1. The van der Waals surface area contributed by atoms with Crippen LogP contribution < -0.4 is 4.72 Å². The summed E-state index contributed by atoms with van der Waals surface area (Å²) in [5.74, 6) is -2.07. The molecule has 0 unspecified atom stereocenters. The first-order chi connectivity index (χ1) is 11.3. The number of hydrogen-bond acceptors (Lipinski definition) is 6. The van der Waals surface area contributed by atoms with E-state index in [-0.39, 0.29) is 16.6 Å². The largest absolute Gasteiger partial charge is 0.508 e. The third kappa shape index (κ3) is 2.74. The fourth-order valence-corrected chi connectivity index (χ4v) is 3.18. The van der Waals surface area contributed by atoms with Crippen molar-refractivity contribution in [2.45, 2.75) is 11.8 Å². The highest BCUT2D eigenvalue weighted by Gasteiger charge is 2.19. The molecule has 9 nitrogen and oxygen atoms in total. The standard InChI is InChI=1S/C14H12N4O5S/c1-7-10-4-3-9(6-8(10)2-5-11(7)19)24(22,23)18-14-15-12(13(20)21)16-17-14/h2-6,19H,1H3,(H,20,21)(H2,15,16,17,18). The normalized spacial score (nSPS) is 11.5. The Kier molecular flexibility index (Phi) is 3.60. The maximum Gasteiger partial charge on any atom is 0.373 e. The van der Waals surface area contributed by atoms with Crippen LogP contribution in [0.15, 0.2) is 35.2 Å². The van der Waals surface area contributed by atoms with Gasteiger partial charge >= 0.3 is 5.97 Å². The molecule has 0 saturated carbocycles. The number of benzene rings is 2. The predicted octanol–water partition coefficient (Wildman–Crippen LogP) is 1.47. The summed E-state index contributed by atoms with van der Waals surface area (Å²) in [6.07, 6.45) is 0. The Morgan fingerprint density at radius 2 is 2.00 bits per heavy atom. The van der Waals surface area contributed by atoms with Crippen molar-refractivity contribution in [3.05, 3.63) is 41.7 Å². The molecular weight excluding hydrogens is 336 g/mol. The van der Waals surface area contributed by atoms with Crippen molar-refractivity contribution in [3.8, 4) is 5.75 Å². The zero-order valence-electron chi connectivity index (χ0n) is 12.3. The number of fused-ring (bicyclic) bond motifs is 1. The second kappa shape index (κ2) is 5.49. The monoisotopic (exact) mass is 348 g/mol. The zero-order valence-corrected chi connectivity index (χ0v) is 13.1. The number of hydrogen-bond donors (Lipinski definition) is 4.